The van der Waals surface area contributed by atoms with Crippen LogP contribution in [0, 0.1) is 5.41 Å². The Labute approximate surface area is 55.4 Å². The minimum Gasteiger partial charge on any atom is -0.330 e. The Morgan fingerprint density at radius 2 is 2.22 bits per heavy atom. The third-order valence-corrected chi connectivity index (χ3v) is 2.60. The van der Waals surface area contributed by atoms with Gasteiger partial charge in [-0.1, -0.05) is 6.42 Å². The maximum absolute atomic E-state index is 12.7. The molecule has 1 aliphatic carbocycles. The predicted molar refractivity (Wildman–Crippen MR) is 35.9 cm³/mol. The molecule has 0 aromatic heterocycles. The Kier molecular flexibility index (Phi) is 1.75. The van der Waals surface area contributed by atoms with Crippen LogP contribution in [0.5, 0.6) is 0 Å². The largest absolute Gasteiger partial charge is 0.330 e. The highest BCUT2D eigenvalue weighted by molar-refractivity contribution is 4.92. The normalized spacial score (nSPS) is 27.0. The van der Waals surface area contributed by atoms with E-state index in [0.717, 1.165) is 19.3 Å². The summed E-state index contributed by atoms with van der Waals surface area (Å²) in [5.41, 5.74) is 5.30. The summed E-state index contributed by atoms with van der Waals surface area (Å²) in [5.74, 6) is 0. The molecule has 2 heteroatoms. The van der Waals surface area contributed by atoms with Crippen LogP contribution in [0.15, 0.2) is 0 Å². The monoisotopic (exact) mass is 131 g/mol. The molecular weight excluding hydrogens is 117 g/mol. The zero-order valence-corrected chi connectivity index (χ0v) is 5.86. The summed E-state index contributed by atoms with van der Waals surface area (Å²) in [4.78, 5) is 0. The highest BCUT2D eigenvalue weighted by Crippen LogP contribution is 2.43. The fourth-order valence-corrected chi connectivity index (χ4v) is 1.40. The van der Waals surface area contributed by atoms with E-state index in [1.54, 1.807) is 6.92 Å². The molecule has 0 amide bonds. The molecule has 1 fully saturated rings. The first-order valence-corrected chi connectivity index (χ1v) is 3.55. The zero-order valence-electron chi connectivity index (χ0n) is 5.86. The summed E-state index contributed by atoms with van der Waals surface area (Å²) in [6.45, 7) is 2.14. The van der Waals surface area contributed by atoms with Crippen LogP contribution in [-0.2, 0) is 0 Å². The van der Waals surface area contributed by atoms with Gasteiger partial charge in [0.2, 0.25) is 0 Å². The minimum absolute atomic E-state index is 0.125. The number of nitrogens with two attached hydrogens (primary N) is 1. The summed E-state index contributed by atoms with van der Waals surface area (Å²) in [6, 6.07) is 0. The average molecular weight is 131 g/mol. The van der Waals surface area contributed by atoms with Gasteiger partial charge in [-0.3, -0.25) is 0 Å². The Balaban J connectivity index is 2.46. The van der Waals surface area contributed by atoms with Crippen LogP contribution in [0.1, 0.15) is 26.2 Å². The fourth-order valence-electron chi connectivity index (χ4n) is 1.40. The number of alkyl halides is 1. The molecule has 1 nitrogen and oxygen atoms in total. The molecule has 54 valence electrons. The van der Waals surface area contributed by atoms with E-state index in [0.29, 0.717) is 6.54 Å². The summed E-state index contributed by atoms with van der Waals surface area (Å²) in [5, 5.41) is 0. The third-order valence-electron chi connectivity index (χ3n) is 2.60. The predicted octanol–water partition coefficient (Wildman–Crippen LogP) is 1.47. The molecule has 9 heavy (non-hydrogen) atoms. The quantitative estimate of drug-likeness (QED) is 0.603. The SMILES string of the molecule is CC(F)C1(CN)CCC1. The van der Waals surface area contributed by atoms with Crippen molar-refractivity contribution in [3.05, 3.63) is 0 Å². The zero-order chi connectivity index (χ0) is 6.91. The van der Waals surface area contributed by atoms with Gasteiger partial charge in [-0.2, -0.15) is 0 Å². The highest BCUT2D eigenvalue weighted by Gasteiger charge is 2.40. The molecule has 0 saturated heterocycles. The molecule has 0 bridgehead atoms. The minimum atomic E-state index is -0.712. The molecular formula is C7H14FN. The van der Waals surface area contributed by atoms with Crippen molar-refractivity contribution in [3.8, 4) is 0 Å². The van der Waals surface area contributed by atoms with Crippen molar-refractivity contribution in [1.29, 1.82) is 0 Å². The molecule has 0 aromatic rings. The molecule has 1 unspecified atom stereocenters. The van der Waals surface area contributed by atoms with Gasteiger partial charge in [-0.05, 0) is 19.8 Å². The molecule has 2 N–H and O–H groups in total. The van der Waals surface area contributed by atoms with Gasteiger partial charge in [0.15, 0.2) is 0 Å². The second-order valence-corrected chi connectivity index (χ2v) is 3.04. The second kappa shape index (κ2) is 2.25. The van der Waals surface area contributed by atoms with E-state index in [-0.39, 0.29) is 5.41 Å². The Morgan fingerprint density at radius 3 is 2.22 bits per heavy atom. The third kappa shape index (κ3) is 0.960. The first-order valence-electron chi connectivity index (χ1n) is 3.55. The summed E-state index contributed by atoms with van der Waals surface area (Å²) >= 11 is 0. The van der Waals surface area contributed by atoms with Gasteiger partial charge in [0.1, 0.15) is 6.17 Å². The molecule has 1 rings (SSSR count). The number of rotatable bonds is 2. The first kappa shape index (κ1) is 7.00. The topological polar surface area (TPSA) is 26.0 Å². The van der Waals surface area contributed by atoms with Gasteiger partial charge in [-0.25, -0.2) is 4.39 Å². The van der Waals surface area contributed by atoms with Crippen LogP contribution >= 0.6 is 0 Å². The molecule has 0 spiro atoms. The molecule has 0 aromatic carbocycles. The average Bonchev–Trinajstić information content (AvgIpc) is 1.62. The van der Waals surface area contributed by atoms with E-state index in [4.69, 9.17) is 5.73 Å². The summed E-state index contributed by atoms with van der Waals surface area (Å²) in [6.07, 6.45) is 2.42. The van der Waals surface area contributed by atoms with Gasteiger partial charge in [0.05, 0.1) is 0 Å². The van der Waals surface area contributed by atoms with Crippen molar-refractivity contribution in [2.24, 2.45) is 11.1 Å². The molecule has 0 aliphatic heterocycles. The van der Waals surface area contributed by atoms with E-state index in [1.807, 2.05) is 0 Å². The highest BCUT2D eigenvalue weighted by atomic mass is 19.1. The van der Waals surface area contributed by atoms with Crippen LogP contribution < -0.4 is 5.73 Å². The van der Waals surface area contributed by atoms with Crippen molar-refractivity contribution >= 4 is 0 Å². The lowest BCUT2D eigenvalue weighted by Crippen LogP contribution is -2.43. The van der Waals surface area contributed by atoms with Gasteiger partial charge in [0, 0.05) is 12.0 Å². The first-order chi connectivity index (χ1) is 4.21. The standard InChI is InChI=1S/C7H14FN/c1-6(8)7(5-9)3-2-4-7/h6H,2-5,9H2,1H3. The molecule has 0 radical (unpaired) electrons. The second-order valence-electron chi connectivity index (χ2n) is 3.04. The maximum Gasteiger partial charge on any atom is 0.104 e. The van der Waals surface area contributed by atoms with Gasteiger partial charge < -0.3 is 5.73 Å². The van der Waals surface area contributed by atoms with Crippen LogP contribution in [0.25, 0.3) is 0 Å². The lowest BCUT2D eigenvalue weighted by Gasteiger charge is -2.42. The maximum atomic E-state index is 12.7. The van der Waals surface area contributed by atoms with Gasteiger partial charge >= 0.3 is 0 Å². The number of halogens is 1. The van der Waals surface area contributed by atoms with Crippen LogP contribution in [-0.4, -0.2) is 12.7 Å². The molecule has 0 heterocycles. The van der Waals surface area contributed by atoms with Crippen molar-refractivity contribution in [3.63, 3.8) is 0 Å². The van der Waals surface area contributed by atoms with E-state index in [1.165, 1.54) is 0 Å². The van der Waals surface area contributed by atoms with E-state index >= 15 is 0 Å². The van der Waals surface area contributed by atoms with Crippen molar-refractivity contribution in [1.82, 2.24) is 0 Å². The Hall–Kier alpha value is -0.110. The van der Waals surface area contributed by atoms with E-state index in [9.17, 15) is 4.39 Å². The summed E-state index contributed by atoms with van der Waals surface area (Å²) < 4.78 is 12.7. The van der Waals surface area contributed by atoms with Gasteiger partial charge in [-0.15, -0.1) is 0 Å². The van der Waals surface area contributed by atoms with E-state index in [2.05, 4.69) is 0 Å². The molecule has 1 aliphatic rings. The Morgan fingerprint density at radius 1 is 1.67 bits per heavy atom. The smallest absolute Gasteiger partial charge is 0.104 e. The molecule has 1 saturated carbocycles. The van der Waals surface area contributed by atoms with E-state index < -0.39 is 6.17 Å². The lowest BCUT2D eigenvalue weighted by molar-refractivity contribution is 0.0408. The summed E-state index contributed by atoms with van der Waals surface area (Å²) in [7, 11) is 0. The van der Waals surface area contributed by atoms with Crippen LogP contribution in [0.4, 0.5) is 4.39 Å². The van der Waals surface area contributed by atoms with Crippen LogP contribution in [0.2, 0.25) is 0 Å². The number of hydrogen-bond donors (Lipinski definition) is 1. The van der Waals surface area contributed by atoms with Gasteiger partial charge in [0.25, 0.3) is 0 Å². The van der Waals surface area contributed by atoms with Crippen molar-refractivity contribution < 1.29 is 4.39 Å². The van der Waals surface area contributed by atoms with Crippen LogP contribution in [0.3, 0.4) is 0 Å². The molecule has 1 atom stereocenters. The van der Waals surface area contributed by atoms with Crippen molar-refractivity contribution in [2.45, 2.75) is 32.4 Å². The fraction of sp³-hybridized carbons (Fsp3) is 1.00. The lowest BCUT2D eigenvalue weighted by atomic mass is 9.66. The number of hydrogen-bond acceptors (Lipinski definition) is 1. The van der Waals surface area contributed by atoms with Crippen molar-refractivity contribution in [2.75, 3.05) is 6.54 Å². The Bertz CT molecular complexity index is 91.6.